The van der Waals surface area contributed by atoms with Gasteiger partial charge in [0.05, 0.1) is 23.3 Å². The first-order chi connectivity index (χ1) is 7.09. The lowest BCUT2D eigenvalue weighted by Crippen LogP contribution is -1.96. The second-order valence-electron chi connectivity index (χ2n) is 3.47. The average Bonchev–Trinajstić information content (AvgIpc) is 2.44. The Morgan fingerprint density at radius 2 is 2.07 bits per heavy atom. The van der Waals surface area contributed by atoms with Gasteiger partial charge >= 0.3 is 0 Å². The molecule has 74 valence electrons. The third-order valence-electron chi connectivity index (χ3n) is 2.37. The molecule has 0 aliphatic heterocycles. The van der Waals surface area contributed by atoms with E-state index < -0.39 is 0 Å². The van der Waals surface area contributed by atoms with Gasteiger partial charge in [0.15, 0.2) is 0 Å². The highest BCUT2D eigenvalue weighted by Crippen LogP contribution is 2.24. The molecule has 2 rings (SSSR count). The fraction of sp³-hybridized carbons (Fsp3) is 0.200. The van der Waals surface area contributed by atoms with E-state index in [1.165, 1.54) is 4.59 Å². The van der Waals surface area contributed by atoms with Crippen molar-refractivity contribution in [1.29, 1.82) is 0 Å². The van der Waals surface area contributed by atoms with Crippen LogP contribution in [-0.4, -0.2) is 22.7 Å². The Morgan fingerprint density at radius 1 is 1.33 bits per heavy atom. The van der Waals surface area contributed by atoms with Gasteiger partial charge in [0.1, 0.15) is 0 Å². The van der Waals surface area contributed by atoms with E-state index in [0.29, 0.717) is 5.69 Å². The van der Waals surface area contributed by atoms with Crippen molar-refractivity contribution in [2.24, 2.45) is 0 Å². The molecule has 5 heteroatoms. The summed E-state index contributed by atoms with van der Waals surface area (Å²) in [6.07, 6.45) is 1.63. The van der Waals surface area contributed by atoms with Gasteiger partial charge in [0, 0.05) is 11.3 Å². The van der Waals surface area contributed by atoms with E-state index in [-0.39, 0.29) is 0 Å². The molecule has 0 amide bonds. The lowest BCUT2D eigenvalue weighted by Gasteiger charge is -2.01. The zero-order valence-electron chi connectivity index (χ0n) is 8.73. The molecule has 0 aliphatic rings. The van der Waals surface area contributed by atoms with Crippen LogP contribution in [0.5, 0.6) is 0 Å². The summed E-state index contributed by atoms with van der Waals surface area (Å²) in [5, 5.41) is 4.13. The van der Waals surface area contributed by atoms with Crippen molar-refractivity contribution in [1.82, 2.24) is 14.7 Å². The van der Waals surface area contributed by atoms with Gasteiger partial charge in [-0.1, -0.05) is 0 Å². The largest absolute Gasteiger partial charge is 0.397 e. The standard InChI is InChI=1S/C10H11BN4/c1-6-10(7(2)15(11)14-6)9-4-3-8(12)5-13-9/h3-5H,12H2,1-2H3. The van der Waals surface area contributed by atoms with Crippen LogP contribution in [0.4, 0.5) is 5.69 Å². The van der Waals surface area contributed by atoms with Crippen LogP contribution in [0.2, 0.25) is 0 Å². The van der Waals surface area contributed by atoms with E-state index in [4.69, 9.17) is 13.7 Å². The number of aromatic nitrogens is 3. The lowest BCUT2D eigenvalue weighted by atomic mass is 10.1. The number of pyridine rings is 1. The summed E-state index contributed by atoms with van der Waals surface area (Å²) < 4.78 is 1.36. The summed E-state index contributed by atoms with van der Waals surface area (Å²) in [5.41, 5.74) is 9.80. The Kier molecular flexibility index (Phi) is 2.23. The number of aryl methyl sites for hydroxylation is 1. The molecule has 2 heterocycles. The van der Waals surface area contributed by atoms with E-state index in [1.807, 2.05) is 26.0 Å². The van der Waals surface area contributed by atoms with Crippen molar-refractivity contribution >= 4 is 13.7 Å². The normalized spacial score (nSPS) is 10.5. The fourth-order valence-electron chi connectivity index (χ4n) is 1.59. The highest BCUT2D eigenvalue weighted by molar-refractivity contribution is 6.06. The molecule has 15 heavy (non-hydrogen) atoms. The molecule has 2 aromatic rings. The van der Waals surface area contributed by atoms with Gasteiger partial charge in [0.25, 0.3) is 7.98 Å². The number of nitrogens with two attached hydrogens (primary N) is 1. The number of nitrogens with zero attached hydrogens (tertiary/aromatic N) is 3. The van der Waals surface area contributed by atoms with Crippen LogP contribution in [0.25, 0.3) is 11.3 Å². The average molecular weight is 198 g/mol. The van der Waals surface area contributed by atoms with Gasteiger partial charge in [-0.2, -0.15) is 5.10 Å². The third kappa shape index (κ3) is 1.60. The minimum absolute atomic E-state index is 0.647. The zero-order chi connectivity index (χ0) is 11.0. The van der Waals surface area contributed by atoms with Crippen molar-refractivity contribution in [3.05, 3.63) is 29.7 Å². The molecule has 4 nitrogen and oxygen atoms in total. The summed E-state index contributed by atoms with van der Waals surface area (Å²) in [6, 6.07) is 3.68. The molecular weight excluding hydrogens is 187 g/mol. The van der Waals surface area contributed by atoms with E-state index in [1.54, 1.807) is 6.20 Å². The number of hydrogen-bond acceptors (Lipinski definition) is 3. The quantitative estimate of drug-likeness (QED) is 0.697. The highest BCUT2D eigenvalue weighted by Gasteiger charge is 2.11. The molecular formula is C10H11BN4. The van der Waals surface area contributed by atoms with Crippen LogP contribution < -0.4 is 5.73 Å². The van der Waals surface area contributed by atoms with E-state index >= 15 is 0 Å². The van der Waals surface area contributed by atoms with E-state index in [0.717, 1.165) is 22.6 Å². The van der Waals surface area contributed by atoms with Crippen molar-refractivity contribution in [2.45, 2.75) is 13.8 Å². The van der Waals surface area contributed by atoms with Gasteiger partial charge < -0.3 is 10.3 Å². The zero-order valence-corrected chi connectivity index (χ0v) is 8.73. The molecule has 0 bridgehead atoms. The Balaban J connectivity index is 2.58. The predicted molar refractivity (Wildman–Crippen MR) is 60.5 cm³/mol. The number of rotatable bonds is 1. The molecule has 2 aromatic heterocycles. The first-order valence-electron chi connectivity index (χ1n) is 4.63. The van der Waals surface area contributed by atoms with Crippen molar-refractivity contribution in [2.75, 3.05) is 5.73 Å². The summed E-state index contributed by atoms with van der Waals surface area (Å²) >= 11 is 0. The smallest absolute Gasteiger partial charge is 0.264 e. The Labute approximate surface area is 89.6 Å². The van der Waals surface area contributed by atoms with Crippen LogP contribution in [-0.2, 0) is 0 Å². The van der Waals surface area contributed by atoms with Crippen LogP contribution in [0.3, 0.4) is 0 Å². The first-order valence-corrected chi connectivity index (χ1v) is 4.63. The highest BCUT2D eigenvalue weighted by atomic mass is 15.2. The fourth-order valence-corrected chi connectivity index (χ4v) is 1.59. The Hall–Kier alpha value is -1.78. The van der Waals surface area contributed by atoms with Gasteiger partial charge in [-0.3, -0.25) is 4.98 Å². The SMILES string of the molecule is [B]n1nc(C)c(-c2ccc(N)cn2)c1C. The third-order valence-corrected chi connectivity index (χ3v) is 2.37. The number of anilines is 1. The summed E-state index contributed by atoms with van der Waals surface area (Å²) in [4.78, 5) is 4.25. The molecule has 0 saturated heterocycles. The van der Waals surface area contributed by atoms with Gasteiger partial charge in [-0.05, 0) is 26.0 Å². The molecule has 0 atom stereocenters. The minimum Gasteiger partial charge on any atom is -0.397 e. The Morgan fingerprint density at radius 3 is 2.53 bits per heavy atom. The van der Waals surface area contributed by atoms with Crippen LogP contribution >= 0.6 is 0 Å². The second kappa shape index (κ2) is 3.42. The summed E-state index contributed by atoms with van der Waals surface area (Å²) in [6.45, 7) is 3.82. The molecule has 0 fully saturated rings. The van der Waals surface area contributed by atoms with Gasteiger partial charge in [-0.15, -0.1) is 0 Å². The number of nitrogen functional groups attached to an aromatic ring is 1. The Bertz CT molecular complexity index is 487. The van der Waals surface area contributed by atoms with Gasteiger partial charge in [0.2, 0.25) is 0 Å². The lowest BCUT2D eigenvalue weighted by molar-refractivity contribution is 0.930. The maximum absolute atomic E-state index is 5.66. The molecule has 0 spiro atoms. The minimum atomic E-state index is 0.647. The van der Waals surface area contributed by atoms with Crippen LogP contribution in [0, 0.1) is 13.8 Å². The van der Waals surface area contributed by atoms with E-state index in [9.17, 15) is 0 Å². The van der Waals surface area contributed by atoms with Crippen molar-refractivity contribution < 1.29 is 0 Å². The molecule has 0 unspecified atom stereocenters. The van der Waals surface area contributed by atoms with Crippen LogP contribution in [0.15, 0.2) is 18.3 Å². The molecule has 0 aromatic carbocycles. The topological polar surface area (TPSA) is 56.7 Å². The van der Waals surface area contributed by atoms with Crippen molar-refractivity contribution in [3.8, 4) is 11.3 Å². The summed E-state index contributed by atoms with van der Waals surface area (Å²) in [7, 11) is 5.66. The van der Waals surface area contributed by atoms with Gasteiger partial charge in [-0.25, -0.2) is 0 Å². The maximum atomic E-state index is 5.66. The summed E-state index contributed by atoms with van der Waals surface area (Å²) in [5.74, 6) is 0. The molecule has 2 N–H and O–H groups in total. The predicted octanol–water partition coefficient (Wildman–Crippen LogP) is 1.08. The van der Waals surface area contributed by atoms with E-state index in [2.05, 4.69) is 10.1 Å². The van der Waals surface area contributed by atoms with Crippen LogP contribution in [0.1, 0.15) is 11.4 Å². The second-order valence-corrected chi connectivity index (χ2v) is 3.47. The molecule has 2 radical (unpaired) electrons. The molecule has 0 aliphatic carbocycles. The van der Waals surface area contributed by atoms with Crippen molar-refractivity contribution in [3.63, 3.8) is 0 Å². The first kappa shape index (κ1) is 9.77. The number of hydrogen-bond donors (Lipinski definition) is 1. The maximum Gasteiger partial charge on any atom is 0.264 e. The monoisotopic (exact) mass is 198 g/mol. The molecule has 0 saturated carbocycles.